The molecule has 35 heavy (non-hydrogen) atoms. The van der Waals surface area contributed by atoms with Gasteiger partial charge in [0.2, 0.25) is 0 Å². The van der Waals surface area contributed by atoms with E-state index in [1.807, 2.05) is 48.5 Å². The number of benzene rings is 3. The highest BCUT2D eigenvalue weighted by Gasteiger charge is 2.63. The van der Waals surface area contributed by atoms with E-state index in [2.05, 4.69) is 41.3 Å². The summed E-state index contributed by atoms with van der Waals surface area (Å²) in [6.07, 6.45) is 5.60. The molecule has 0 bridgehead atoms. The second-order valence-corrected chi connectivity index (χ2v) is 10.1. The lowest BCUT2D eigenvalue weighted by Gasteiger charge is -2.38. The Morgan fingerprint density at radius 2 is 1.43 bits per heavy atom. The van der Waals surface area contributed by atoms with Crippen molar-refractivity contribution in [3.05, 3.63) is 88.9 Å². The van der Waals surface area contributed by atoms with Crippen LogP contribution in [0.4, 0.5) is 5.69 Å². The van der Waals surface area contributed by atoms with Crippen LogP contribution in [0, 0.1) is 28.1 Å². The number of amidine groups is 1. The summed E-state index contributed by atoms with van der Waals surface area (Å²) in [5.41, 5.74) is 3.55. The van der Waals surface area contributed by atoms with Crippen molar-refractivity contribution in [2.45, 2.75) is 50.1 Å². The first kappa shape index (κ1) is 21.9. The molecule has 5 heteroatoms. The number of rotatable bonds is 2. The van der Waals surface area contributed by atoms with Gasteiger partial charge in [-0.15, -0.1) is 0 Å². The number of aliphatic imine (C=N–C) groups is 1. The molecular weight excluding hydrogens is 452 g/mol. The van der Waals surface area contributed by atoms with Crippen LogP contribution in [-0.4, -0.2) is 11.9 Å². The van der Waals surface area contributed by atoms with E-state index >= 15 is 0 Å². The number of para-hydroxylation sites is 1. The molecule has 1 saturated carbocycles. The number of anilines is 1. The summed E-state index contributed by atoms with van der Waals surface area (Å²) in [7, 11) is 0. The molecule has 2 atom stereocenters. The molecule has 2 heterocycles. The Labute approximate surface area is 211 Å². The third-order valence-corrected chi connectivity index (χ3v) is 8.18. The fraction of sp³-hybridized carbons (Fsp3) is 0.300. The molecule has 0 aromatic heterocycles. The highest BCUT2D eigenvalue weighted by molar-refractivity contribution is 6.32. The van der Waals surface area contributed by atoms with Crippen LogP contribution in [0.25, 0.3) is 11.1 Å². The minimum absolute atomic E-state index is 0.182. The summed E-state index contributed by atoms with van der Waals surface area (Å²) < 4.78 is 0. The van der Waals surface area contributed by atoms with Gasteiger partial charge in [0, 0.05) is 10.6 Å². The van der Waals surface area contributed by atoms with Gasteiger partial charge in [-0.25, -0.2) is 0 Å². The van der Waals surface area contributed by atoms with Gasteiger partial charge in [-0.3, -0.25) is 4.99 Å². The predicted octanol–water partition coefficient (Wildman–Crippen LogP) is 7.43. The van der Waals surface area contributed by atoms with Crippen LogP contribution in [-0.2, 0) is 0 Å². The summed E-state index contributed by atoms with van der Waals surface area (Å²) in [6.45, 7) is 0. The monoisotopic (exact) mass is 476 g/mol. The summed E-state index contributed by atoms with van der Waals surface area (Å²) in [5, 5.41) is 22.1. The predicted molar refractivity (Wildman–Crippen MR) is 139 cm³/mol. The minimum atomic E-state index is -1.39. The van der Waals surface area contributed by atoms with E-state index in [1.54, 1.807) is 0 Å². The van der Waals surface area contributed by atoms with Gasteiger partial charge in [-0.05, 0) is 41.7 Å². The molecular formula is C30H25ClN4. The molecule has 6 rings (SSSR count). The molecule has 3 aliphatic rings. The first-order valence-corrected chi connectivity index (χ1v) is 12.7. The van der Waals surface area contributed by atoms with Crippen molar-refractivity contribution < 1.29 is 0 Å². The third-order valence-electron chi connectivity index (χ3n) is 7.83. The van der Waals surface area contributed by atoms with E-state index < -0.39 is 17.4 Å². The lowest BCUT2D eigenvalue weighted by Crippen LogP contribution is -2.35. The van der Waals surface area contributed by atoms with E-state index in [0.717, 1.165) is 59.5 Å². The molecule has 2 fully saturated rings. The first-order chi connectivity index (χ1) is 17.2. The Bertz CT molecular complexity index is 1390. The zero-order chi connectivity index (χ0) is 24.0. The van der Waals surface area contributed by atoms with Crippen LogP contribution in [0.3, 0.4) is 0 Å². The van der Waals surface area contributed by atoms with Crippen molar-refractivity contribution in [2.24, 2.45) is 10.4 Å². The van der Waals surface area contributed by atoms with Gasteiger partial charge in [0.05, 0.1) is 35.8 Å². The van der Waals surface area contributed by atoms with Crippen LogP contribution in [0.1, 0.15) is 55.2 Å². The van der Waals surface area contributed by atoms with Gasteiger partial charge < -0.3 is 4.90 Å². The number of nitriles is 2. The molecule has 1 aliphatic carbocycles. The topological polar surface area (TPSA) is 63.2 Å². The van der Waals surface area contributed by atoms with Gasteiger partial charge in [0.1, 0.15) is 5.84 Å². The maximum atomic E-state index is 10.8. The summed E-state index contributed by atoms with van der Waals surface area (Å²) >= 11 is 6.76. The van der Waals surface area contributed by atoms with Gasteiger partial charge in [-0.2, -0.15) is 10.5 Å². The number of nitrogens with zero attached hydrogens (tertiary/aromatic N) is 4. The largest absolute Gasteiger partial charge is 0.319 e. The average Bonchev–Trinajstić information content (AvgIpc) is 3.20. The van der Waals surface area contributed by atoms with Crippen LogP contribution in [0.5, 0.6) is 0 Å². The lowest BCUT2D eigenvalue weighted by atomic mass is 9.69. The van der Waals surface area contributed by atoms with Crippen LogP contribution in [0.2, 0.25) is 5.02 Å². The van der Waals surface area contributed by atoms with Crippen LogP contribution >= 0.6 is 11.6 Å². The Morgan fingerprint density at radius 3 is 2.14 bits per heavy atom. The fourth-order valence-electron chi connectivity index (χ4n) is 6.28. The summed E-state index contributed by atoms with van der Waals surface area (Å²) in [4.78, 5) is 7.55. The number of hydrogen-bond acceptors (Lipinski definition) is 3. The second kappa shape index (κ2) is 8.56. The average molecular weight is 477 g/mol. The van der Waals surface area contributed by atoms with Gasteiger partial charge in [0.15, 0.2) is 5.41 Å². The third kappa shape index (κ3) is 3.21. The Morgan fingerprint density at radius 1 is 0.800 bits per heavy atom. The van der Waals surface area contributed by atoms with Gasteiger partial charge in [0.25, 0.3) is 0 Å². The zero-order valence-corrected chi connectivity index (χ0v) is 20.1. The summed E-state index contributed by atoms with van der Waals surface area (Å²) in [6, 6.07) is 28.7. The molecule has 2 aliphatic heterocycles. The molecule has 0 amide bonds. The number of fused-ring (bicyclic) bond motifs is 6. The van der Waals surface area contributed by atoms with Crippen molar-refractivity contribution in [3.63, 3.8) is 0 Å². The second-order valence-electron chi connectivity index (χ2n) is 9.70. The van der Waals surface area contributed by atoms with Crippen LogP contribution in [0.15, 0.2) is 77.8 Å². The highest BCUT2D eigenvalue weighted by atomic mass is 35.5. The molecule has 3 aromatic carbocycles. The number of hydrogen-bond donors (Lipinski definition) is 0. The normalized spacial score (nSPS) is 23.6. The molecule has 172 valence electrons. The SMILES string of the molecule is N#CC1(C#N)[C@@H](c2ccccc2Cl)C(=NC2CCCCC2)N2c3ccccc3-c3ccccc3[C@@H]21. The Kier molecular flexibility index (Phi) is 5.36. The van der Waals surface area contributed by atoms with E-state index in [-0.39, 0.29) is 6.04 Å². The minimum Gasteiger partial charge on any atom is -0.319 e. The van der Waals surface area contributed by atoms with Gasteiger partial charge >= 0.3 is 0 Å². The smallest absolute Gasteiger partial charge is 0.182 e. The highest BCUT2D eigenvalue weighted by Crippen LogP contribution is 2.62. The molecule has 0 N–H and O–H groups in total. The van der Waals surface area contributed by atoms with Crippen molar-refractivity contribution in [1.82, 2.24) is 0 Å². The number of halogens is 1. The van der Waals surface area contributed by atoms with E-state index in [4.69, 9.17) is 16.6 Å². The summed E-state index contributed by atoms with van der Waals surface area (Å²) in [5.74, 6) is 0.234. The van der Waals surface area contributed by atoms with E-state index in [1.165, 1.54) is 6.42 Å². The molecule has 1 saturated heterocycles. The molecule has 4 nitrogen and oxygen atoms in total. The van der Waals surface area contributed by atoms with Crippen molar-refractivity contribution >= 4 is 23.1 Å². The molecule has 3 aromatic rings. The van der Waals surface area contributed by atoms with Gasteiger partial charge in [-0.1, -0.05) is 91.5 Å². The zero-order valence-electron chi connectivity index (χ0n) is 19.4. The van der Waals surface area contributed by atoms with E-state index in [9.17, 15) is 10.5 Å². The van der Waals surface area contributed by atoms with Crippen LogP contribution < -0.4 is 4.90 Å². The Hall–Kier alpha value is -3.60. The van der Waals surface area contributed by atoms with Crippen molar-refractivity contribution in [3.8, 4) is 23.3 Å². The standard InChI is InChI=1S/C30H25ClN4/c31-25-16-8-6-15-24(25)27-29(34-20-10-2-1-3-11-20)35-26-17-9-7-13-22(26)21-12-4-5-14-23(21)28(35)30(27,18-32)19-33/h4-9,12-17,20,27-28H,1-3,10-11H2/t27-,28+/m0/s1. The maximum absolute atomic E-state index is 10.8. The molecule has 0 unspecified atom stereocenters. The molecule has 0 radical (unpaired) electrons. The molecule has 0 spiro atoms. The van der Waals surface area contributed by atoms with E-state index in [0.29, 0.717) is 5.02 Å². The Balaban J connectivity index is 1.69. The van der Waals surface area contributed by atoms with Crippen molar-refractivity contribution in [1.29, 1.82) is 10.5 Å². The fourth-order valence-corrected chi connectivity index (χ4v) is 6.52. The quantitative estimate of drug-likeness (QED) is 0.386. The van der Waals surface area contributed by atoms with Crippen molar-refractivity contribution in [2.75, 3.05) is 4.90 Å². The maximum Gasteiger partial charge on any atom is 0.182 e. The first-order valence-electron chi connectivity index (χ1n) is 12.3. The lowest BCUT2D eigenvalue weighted by molar-refractivity contribution is 0.433.